The van der Waals surface area contributed by atoms with Gasteiger partial charge in [0.05, 0.1) is 6.20 Å². The Morgan fingerprint density at radius 1 is 1.00 bits per heavy atom. The summed E-state index contributed by atoms with van der Waals surface area (Å²) in [6.07, 6.45) is 1.35. The van der Waals surface area contributed by atoms with E-state index in [-0.39, 0.29) is 11.7 Å². The number of halogens is 2. The fourth-order valence-corrected chi connectivity index (χ4v) is 2.08. The second kappa shape index (κ2) is 7.00. The zero-order valence-electron chi connectivity index (χ0n) is 13.1. The average molecular weight is 341 g/mol. The lowest BCUT2D eigenvalue weighted by Gasteiger charge is -2.08. The highest BCUT2D eigenvalue weighted by atomic mass is 19.2. The van der Waals surface area contributed by atoms with Crippen LogP contribution in [0, 0.1) is 11.6 Å². The molecule has 0 radical (unpaired) electrons. The first kappa shape index (κ1) is 16.4. The third-order valence-electron chi connectivity index (χ3n) is 3.28. The van der Waals surface area contributed by atoms with Crippen LogP contribution < -0.4 is 10.6 Å². The molecule has 0 amide bonds. The quantitative estimate of drug-likeness (QED) is 0.687. The van der Waals surface area contributed by atoms with Gasteiger partial charge >= 0.3 is 0 Å². The standard InChI is InChI=1S/C17H13F2N5O/c1-10(25)11-3-2-4-12(7-11)22-17-23-16(9-20-24-17)21-13-5-6-14(18)15(19)8-13/h2-9H,1H3,(H2,21,22,23,24). The molecule has 0 aliphatic heterocycles. The molecule has 8 heteroatoms. The minimum absolute atomic E-state index is 0.0588. The average Bonchev–Trinajstić information content (AvgIpc) is 2.59. The van der Waals surface area contributed by atoms with Crippen molar-refractivity contribution in [3.8, 4) is 0 Å². The van der Waals surface area contributed by atoms with Gasteiger partial charge in [0.25, 0.3) is 0 Å². The van der Waals surface area contributed by atoms with E-state index in [0.29, 0.717) is 22.8 Å². The molecule has 126 valence electrons. The molecule has 3 rings (SSSR count). The molecule has 6 nitrogen and oxygen atoms in total. The Morgan fingerprint density at radius 3 is 2.56 bits per heavy atom. The molecule has 0 fully saturated rings. The van der Waals surface area contributed by atoms with Crippen LogP contribution in [0.15, 0.2) is 48.7 Å². The number of nitrogens with zero attached hydrogens (tertiary/aromatic N) is 3. The molecular formula is C17H13F2N5O. The summed E-state index contributed by atoms with van der Waals surface area (Å²) in [5.74, 6) is -1.47. The van der Waals surface area contributed by atoms with E-state index < -0.39 is 11.6 Å². The first-order chi connectivity index (χ1) is 12.0. The smallest absolute Gasteiger partial charge is 0.249 e. The van der Waals surface area contributed by atoms with E-state index in [0.717, 1.165) is 12.1 Å². The maximum absolute atomic E-state index is 13.2. The third-order valence-corrected chi connectivity index (χ3v) is 3.28. The molecule has 0 unspecified atom stereocenters. The number of hydrogen-bond acceptors (Lipinski definition) is 6. The van der Waals surface area contributed by atoms with Crippen molar-refractivity contribution in [2.75, 3.05) is 10.6 Å². The highest BCUT2D eigenvalue weighted by Crippen LogP contribution is 2.19. The second-order valence-corrected chi connectivity index (χ2v) is 5.18. The summed E-state index contributed by atoms with van der Waals surface area (Å²) in [4.78, 5) is 15.6. The number of hydrogen-bond donors (Lipinski definition) is 2. The van der Waals surface area contributed by atoms with Crippen LogP contribution in [-0.4, -0.2) is 21.0 Å². The Labute approximate surface area is 141 Å². The minimum atomic E-state index is -0.966. The van der Waals surface area contributed by atoms with E-state index in [2.05, 4.69) is 25.8 Å². The summed E-state index contributed by atoms with van der Waals surface area (Å²) < 4.78 is 26.2. The summed E-state index contributed by atoms with van der Waals surface area (Å²) in [7, 11) is 0. The van der Waals surface area contributed by atoms with Gasteiger partial charge in [-0.1, -0.05) is 12.1 Å². The number of carbonyl (C=O) groups is 1. The highest BCUT2D eigenvalue weighted by molar-refractivity contribution is 5.95. The van der Waals surface area contributed by atoms with Gasteiger partial charge < -0.3 is 10.6 Å². The number of anilines is 4. The van der Waals surface area contributed by atoms with Gasteiger partial charge in [-0.25, -0.2) is 8.78 Å². The van der Waals surface area contributed by atoms with Crippen molar-refractivity contribution in [1.29, 1.82) is 0 Å². The first-order valence-electron chi connectivity index (χ1n) is 7.31. The predicted octanol–water partition coefficient (Wildman–Crippen LogP) is 3.84. The van der Waals surface area contributed by atoms with Gasteiger partial charge in [0, 0.05) is 23.0 Å². The molecule has 3 aromatic rings. The van der Waals surface area contributed by atoms with E-state index in [1.807, 2.05) is 0 Å². The van der Waals surface area contributed by atoms with Crippen LogP contribution in [0.25, 0.3) is 0 Å². The molecule has 0 saturated heterocycles. The topological polar surface area (TPSA) is 79.8 Å². The zero-order chi connectivity index (χ0) is 17.8. The van der Waals surface area contributed by atoms with Gasteiger partial charge in [-0.3, -0.25) is 4.79 Å². The lowest BCUT2D eigenvalue weighted by Crippen LogP contribution is -2.03. The zero-order valence-corrected chi connectivity index (χ0v) is 13.1. The molecule has 2 N–H and O–H groups in total. The van der Waals surface area contributed by atoms with Crippen LogP contribution in [0.2, 0.25) is 0 Å². The summed E-state index contributed by atoms with van der Waals surface area (Å²) in [5, 5.41) is 13.4. The number of rotatable bonds is 5. The van der Waals surface area contributed by atoms with E-state index in [9.17, 15) is 13.6 Å². The lowest BCUT2D eigenvalue weighted by atomic mass is 10.1. The number of aromatic nitrogens is 3. The van der Waals surface area contributed by atoms with Gasteiger partial charge in [0.2, 0.25) is 5.95 Å². The Bertz CT molecular complexity index is 932. The van der Waals surface area contributed by atoms with E-state index in [4.69, 9.17) is 0 Å². The van der Waals surface area contributed by atoms with Crippen molar-refractivity contribution in [2.45, 2.75) is 6.92 Å². The van der Waals surface area contributed by atoms with Crippen LogP contribution in [0.4, 0.5) is 31.9 Å². The minimum Gasteiger partial charge on any atom is -0.339 e. The van der Waals surface area contributed by atoms with Gasteiger partial charge in [-0.15, -0.1) is 5.10 Å². The number of Topliss-reactive ketones (excluding diaryl/α,β-unsaturated/α-hetero) is 1. The summed E-state index contributed by atoms with van der Waals surface area (Å²) in [6, 6.07) is 10.3. The predicted molar refractivity (Wildman–Crippen MR) is 89.2 cm³/mol. The number of nitrogens with one attached hydrogen (secondary N) is 2. The fraction of sp³-hybridized carbons (Fsp3) is 0.0588. The Kier molecular flexibility index (Phi) is 4.60. The molecular weight excluding hydrogens is 328 g/mol. The Morgan fingerprint density at radius 2 is 1.80 bits per heavy atom. The van der Waals surface area contributed by atoms with Crippen LogP contribution >= 0.6 is 0 Å². The SMILES string of the molecule is CC(=O)c1cccc(Nc2nncc(Nc3ccc(F)c(F)c3)n2)c1. The van der Waals surface area contributed by atoms with Gasteiger partial charge in [0.1, 0.15) is 0 Å². The van der Waals surface area contributed by atoms with Crippen molar-refractivity contribution < 1.29 is 13.6 Å². The second-order valence-electron chi connectivity index (χ2n) is 5.18. The van der Waals surface area contributed by atoms with Crippen molar-refractivity contribution in [3.63, 3.8) is 0 Å². The van der Waals surface area contributed by atoms with Crippen molar-refractivity contribution in [3.05, 3.63) is 65.9 Å². The molecule has 0 aliphatic carbocycles. The van der Waals surface area contributed by atoms with Crippen molar-refractivity contribution in [2.24, 2.45) is 0 Å². The number of carbonyl (C=O) groups excluding carboxylic acids is 1. The van der Waals surface area contributed by atoms with Crippen LogP contribution in [0.5, 0.6) is 0 Å². The van der Waals surface area contributed by atoms with Crippen molar-refractivity contribution >= 4 is 28.9 Å². The molecule has 0 bridgehead atoms. The number of ketones is 1. The summed E-state index contributed by atoms with van der Waals surface area (Å²) in [6.45, 7) is 1.48. The summed E-state index contributed by atoms with van der Waals surface area (Å²) >= 11 is 0. The first-order valence-corrected chi connectivity index (χ1v) is 7.31. The molecule has 1 aromatic heterocycles. The maximum Gasteiger partial charge on any atom is 0.249 e. The lowest BCUT2D eigenvalue weighted by molar-refractivity contribution is 0.101. The van der Waals surface area contributed by atoms with Gasteiger partial charge in [-0.05, 0) is 31.2 Å². The molecule has 0 atom stereocenters. The molecule has 0 spiro atoms. The summed E-state index contributed by atoms with van der Waals surface area (Å²) in [5.41, 5.74) is 1.50. The fourth-order valence-electron chi connectivity index (χ4n) is 2.08. The Balaban J connectivity index is 1.78. The highest BCUT2D eigenvalue weighted by Gasteiger charge is 2.06. The van der Waals surface area contributed by atoms with E-state index in [1.54, 1.807) is 24.3 Å². The van der Waals surface area contributed by atoms with Gasteiger partial charge in [-0.2, -0.15) is 10.1 Å². The van der Waals surface area contributed by atoms with Crippen molar-refractivity contribution in [1.82, 2.24) is 15.2 Å². The maximum atomic E-state index is 13.2. The van der Waals surface area contributed by atoms with Crippen LogP contribution in [-0.2, 0) is 0 Å². The Hall–Kier alpha value is -3.42. The van der Waals surface area contributed by atoms with E-state index in [1.165, 1.54) is 19.2 Å². The molecule has 2 aromatic carbocycles. The monoisotopic (exact) mass is 341 g/mol. The molecule has 0 saturated carbocycles. The molecule has 25 heavy (non-hydrogen) atoms. The molecule has 1 heterocycles. The normalized spacial score (nSPS) is 10.4. The third kappa shape index (κ3) is 4.11. The van der Waals surface area contributed by atoms with E-state index >= 15 is 0 Å². The number of benzene rings is 2. The van der Waals surface area contributed by atoms with Crippen LogP contribution in [0.1, 0.15) is 17.3 Å². The largest absolute Gasteiger partial charge is 0.339 e. The van der Waals surface area contributed by atoms with Gasteiger partial charge in [0.15, 0.2) is 23.2 Å². The molecule has 0 aliphatic rings. The van der Waals surface area contributed by atoms with Crippen LogP contribution in [0.3, 0.4) is 0 Å².